The van der Waals surface area contributed by atoms with Gasteiger partial charge in [0.15, 0.2) is 0 Å². The molecule has 1 aliphatic heterocycles. The van der Waals surface area contributed by atoms with Gasteiger partial charge in [-0.3, -0.25) is 4.79 Å². The van der Waals surface area contributed by atoms with Crippen LogP contribution in [0.4, 0.5) is 11.4 Å². The third kappa shape index (κ3) is 6.50. The van der Waals surface area contributed by atoms with E-state index in [4.69, 9.17) is 14.5 Å². The minimum Gasteiger partial charge on any atom is -0.489 e. The van der Waals surface area contributed by atoms with Crippen molar-refractivity contribution in [2.45, 2.75) is 20.5 Å². The van der Waals surface area contributed by atoms with Crippen LogP contribution in [0, 0.1) is 0 Å². The molecule has 0 unspecified atom stereocenters. The van der Waals surface area contributed by atoms with Crippen LogP contribution in [0.2, 0.25) is 0 Å². The predicted octanol–water partition coefficient (Wildman–Crippen LogP) is 6.92. The zero-order chi connectivity index (χ0) is 27.7. The fourth-order valence-corrected chi connectivity index (χ4v) is 4.52. The number of aromatic amines is 1. The highest BCUT2D eigenvalue weighted by Gasteiger charge is 2.13. The van der Waals surface area contributed by atoms with E-state index in [0.717, 1.165) is 71.4 Å². The number of rotatable bonds is 7. The molecule has 7 heteroatoms. The van der Waals surface area contributed by atoms with Gasteiger partial charge in [0.05, 0.1) is 24.2 Å². The minimum absolute atomic E-state index is 0.152. The summed E-state index contributed by atoms with van der Waals surface area (Å²) in [4.78, 5) is 23.2. The monoisotopic (exact) mass is 534 g/mol. The molecular weight excluding hydrogens is 500 g/mol. The number of nitrogens with zero attached hydrogens (tertiary/aromatic N) is 2. The van der Waals surface area contributed by atoms with Gasteiger partial charge in [-0.1, -0.05) is 56.3 Å². The maximum absolute atomic E-state index is 12.8. The summed E-state index contributed by atoms with van der Waals surface area (Å²) in [5.41, 5.74) is 6.25. The maximum atomic E-state index is 12.8. The Morgan fingerprint density at radius 2 is 1.65 bits per heavy atom. The van der Waals surface area contributed by atoms with Crippen molar-refractivity contribution < 1.29 is 14.3 Å². The predicted molar refractivity (Wildman–Crippen MR) is 161 cm³/mol. The molecule has 4 aromatic carbocycles. The lowest BCUT2D eigenvalue weighted by atomic mass is 10.1. The number of amides is 1. The highest BCUT2D eigenvalue weighted by molar-refractivity contribution is 6.04. The molecule has 1 saturated heterocycles. The van der Waals surface area contributed by atoms with Gasteiger partial charge in [0.25, 0.3) is 5.91 Å². The second kappa shape index (κ2) is 13.0. The van der Waals surface area contributed by atoms with E-state index >= 15 is 0 Å². The van der Waals surface area contributed by atoms with Gasteiger partial charge >= 0.3 is 0 Å². The van der Waals surface area contributed by atoms with Gasteiger partial charge < -0.3 is 24.7 Å². The average Bonchev–Trinajstić information content (AvgIpc) is 3.46. The number of nitrogens with one attached hydrogen (secondary N) is 2. The number of carbonyl (C=O) groups is 1. The number of imidazole rings is 1. The molecule has 0 spiro atoms. The normalized spacial score (nSPS) is 12.9. The quantitative estimate of drug-likeness (QED) is 0.237. The largest absolute Gasteiger partial charge is 0.489 e. The molecule has 5 aromatic rings. The lowest BCUT2D eigenvalue weighted by Crippen LogP contribution is -2.36. The Morgan fingerprint density at radius 1 is 0.925 bits per heavy atom. The molecule has 1 aliphatic rings. The van der Waals surface area contributed by atoms with Crippen LogP contribution in [0.5, 0.6) is 5.75 Å². The van der Waals surface area contributed by atoms with Crippen molar-refractivity contribution in [2.75, 3.05) is 36.5 Å². The first kappa shape index (κ1) is 27.0. The zero-order valence-electron chi connectivity index (χ0n) is 22.9. The Bertz CT molecular complexity index is 1520. The summed E-state index contributed by atoms with van der Waals surface area (Å²) < 4.78 is 11.4. The molecule has 1 aromatic heterocycles. The third-order valence-electron chi connectivity index (χ3n) is 6.62. The molecule has 0 bridgehead atoms. The Labute approximate surface area is 234 Å². The number of morpholine rings is 1. The maximum Gasteiger partial charge on any atom is 0.255 e. The molecule has 0 atom stereocenters. The summed E-state index contributed by atoms with van der Waals surface area (Å²) in [6.07, 6.45) is 0. The van der Waals surface area contributed by atoms with Crippen molar-refractivity contribution in [3.05, 3.63) is 108 Å². The fourth-order valence-electron chi connectivity index (χ4n) is 4.52. The lowest BCUT2D eigenvalue weighted by molar-refractivity contribution is 0.102. The molecule has 2 N–H and O–H groups in total. The standard InChI is InChI=1S/C31H28N4O3.C2H6/c36-31(32-25-10-12-26(13-11-25)35-16-18-37-19-17-35)24-8-6-23(7-9-24)30-33-28-15-14-27(20-29(28)34-30)38-21-22-4-2-1-3-5-22;1-2/h1-15,20H,16-19,21H2,(H,32,36)(H,33,34);1-2H3. The van der Waals surface area contributed by atoms with Crippen LogP contribution < -0.4 is 15.0 Å². The van der Waals surface area contributed by atoms with E-state index in [1.54, 1.807) is 0 Å². The molecule has 1 fully saturated rings. The van der Waals surface area contributed by atoms with Crippen molar-refractivity contribution in [3.63, 3.8) is 0 Å². The summed E-state index contributed by atoms with van der Waals surface area (Å²) in [6, 6.07) is 31.3. The average molecular weight is 535 g/mol. The van der Waals surface area contributed by atoms with Crippen molar-refractivity contribution >= 4 is 28.3 Å². The Kier molecular flexibility index (Phi) is 8.73. The van der Waals surface area contributed by atoms with Crippen LogP contribution >= 0.6 is 0 Å². The molecule has 204 valence electrons. The van der Waals surface area contributed by atoms with Crippen LogP contribution in [-0.2, 0) is 11.3 Å². The molecule has 1 amide bonds. The van der Waals surface area contributed by atoms with Crippen molar-refractivity contribution in [2.24, 2.45) is 0 Å². The van der Waals surface area contributed by atoms with E-state index in [2.05, 4.69) is 15.2 Å². The van der Waals surface area contributed by atoms with Gasteiger partial charge in [0.2, 0.25) is 0 Å². The lowest BCUT2D eigenvalue weighted by Gasteiger charge is -2.28. The first-order chi connectivity index (χ1) is 19.7. The van der Waals surface area contributed by atoms with Gasteiger partial charge in [-0.25, -0.2) is 4.98 Å². The van der Waals surface area contributed by atoms with Crippen molar-refractivity contribution in [3.8, 4) is 17.1 Å². The van der Waals surface area contributed by atoms with Crippen molar-refractivity contribution in [1.29, 1.82) is 0 Å². The second-order valence-corrected chi connectivity index (χ2v) is 9.22. The van der Waals surface area contributed by atoms with E-state index in [1.807, 2.05) is 111 Å². The number of benzene rings is 4. The van der Waals surface area contributed by atoms with Crippen LogP contribution in [0.3, 0.4) is 0 Å². The summed E-state index contributed by atoms with van der Waals surface area (Å²) >= 11 is 0. The third-order valence-corrected chi connectivity index (χ3v) is 6.62. The second-order valence-electron chi connectivity index (χ2n) is 9.22. The molecule has 6 rings (SSSR count). The fraction of sp³-hybridized carbons (Fsp3) is 0.212. The number of hydrogen-bond acceptors (Lipinski definition) is 5. The zero-order valence-corrected chi connectivity index (χ0v) is 22.9. The van der Waals surface area contributed by atoms with Gasteiger partial charge in [-0.15, -0.1) is 0 Å². The number of H-pyrrole nitrogens is 1. The molecular formula is C33H34N4O3. The topological polar surface area (TPSA) is 79.5 Å². The van der Waals surface area contributed by atoms with Gasteiger partial charge in [-0.2, -0.15) is 0 Å². The summed E-state index contributed by atoms with van der Waals surface area (Å²) in [5, 5.41) is 2.98. The highest BCUT2D eigenvalue weighted by atomic mass is 16.5. The van der Waals surface area contributed by atoms with E-state index in [9.17, 15) is 4.79 Å². The van der Waals surface area contributed by atoms with Crippen LogP contribution in [0.15, 0.2) is 97.1 Å². The summed E-state index contributed by atoms with van der Waals surface area (Å²) in [5.74, 6) is 1.37. The van der Waals surface area contributed by atoms with Crippen LogP contribution in [0.25, 0.3) is 22.4 Å². The Balaban J connectivity index is 0.00000158. The first-order valence-electron chi connectivity index (χ1n) is 13.7. The van der Waals surface area contributed by atoms with E-state index in [0.29, 0.717) is 12.2 Å². The van der Waals surface area contributed by atoms with E-state index in [1.165, 1.54) is 0 Å². The molecule has 2 heterocycles. The number of hydrogen-bond donors (Lipinski definition) is 2. The van der Waals surface area contributed by atoms with Crippen molar-refractivity contribution in [1.82, 2.24) is 9.97 Å². The SMILES string of the molecule is CC.O=C(Nc1ccc(N2CCOCC2)cc1)c1ccc(-c2nc3ccc(OCc4ccccc4)cc3[nH]2)cc1. The number of anilines is 2. The summed E-state index contributed by atoms with van der Waals surface area (Å²) in [7, 11) is 0. The number of aromatic nitrogens is 2. The Morgan fingerprint density at radius 3 is 2.38 bits per heavy atom. The number of ether oxygens (including phenoxy) is 2. The molecule has 0 saturated carbocycles. The molecule has 7 nitrogen and oxygen atoms in total. The van der Waals surface area contributed by atoms with Crippen LogP contribution in [-0.4, -0.2) is 42.2 Å². The van der Waals surface area contributed by atoms with Gasteiger partial charge in [-0.05, 0) is 54.1 Å². The molecule has 40 heavy (non-hydrogen) atoms. The van der Waals surface area contributed by atoms with Gasteiger partial charge in [0, 0.05) is 41.7 Å². The number of fused-ring (bicyclic) bond motifs is 1. The molecule has 0 radical (unpaired) electrons. The highest BCUT2D eigenvalue weighted by Crippen LogP contribution is 2.25. The minimum atomic E-state index is -0.152. The summed E-state index contributed by atoms with van der Waals surface area (Å²) in [6.45, 7) is 7.76. The van der Waals surface area contributed by atoms with Gasteiger partial charge in [0.1, 0.15) is 18.2 Å². The van der Waals surface area contributed by atoms with E-state index in [-0.39, 0.29) is 5.91 Å². The number of carbonyl (C=O) groups excluding carboxylic acids is 1. The smallest absolute Gasteiger partial charge is 0.255 e. The molecule has 0 aliphatic carbocycles. The van der Waals surface area contributed by atoms with E-state index < -0.39 is 0 Å². The first-order valence-corrected chi connectivity index (χ1v) is 13.7. The van der Waals surface area contributed by atoms with Crippen LogP contribution in [0.1, 0.15) is 29.8 Å². The Hall–Kier alpha value is -4.62.